The molecule has 0 aromatic rings. The summed E-state index contributed by atoms with van der Waals surface area (Å²) in [4.78, 5) is 13.3. The number of allylic oxidation sites excluding steroid dienone is 6. The van der Waals surface area contributed by atoms with Crippen molar-refractivity contribution in [1.29, 1.82) is 0 Å². The van der Waals surface area contributed by atoms with Crippen molar-refractivity contribution in [2.75, 3.05) is 20.1 Å². The summed E-state index contributed by atoms with van der Waals surface area (Å²) in [5, 5.41) is 3.22. The maximum Gasteiger partial charge on any atom is 0.410 e. The zero-order valence-electron chi connectivity index (χ0n) is 15.4. The Hall–Kier alpha value is -1.55. The van der Waals surface area contributed by atoms with Gasteiger partial charge in [0, 0.05) is 25.0 Å². The van der Waals surface area contributed by atoms with Gasteiger partial charge in [-0.25, -0.2) is 4.79 Å². The van der Waals surface area contributed by atoms with E-state index in [9.17, 15) is 4.79 Å². The third-order valence-corrected chi connectivity index (χ3v) is 3.65. The van der Waals surface area contributed by atoms with E-state index in [2.05, 4.69) is 43.5 Å². The molecule has 1 aliphatic carbocycles. The van der Waals surface area contributed by atoms with E-state index in [1.54, 1.807) is 11.9 Å². The lowest BCUT2D eigenvalue weighted by Gasteiger charge is -2.28. The van der Waals surface area contributed by atoms with E-state index in [-0.39, 0.29) is 17.6 Å². The van der Waals surface area contributed by atoms with Crippen LogP contribution in [0, 0.1) is 5.41 Å². The molecule has 1 saturated heterocycles. The minimum Gasteiger partial charge on any atom is -0.444 e. The first-order valence-corrected chi connectivity index (χ1v) is 8.31. The van der Waals surface area contributed by atoms with Crippen molar-refractivity contribution < 1.29 is 9.53 Å². The number of ether oxygens (including phenoxy) is 1. The molecular weight excluding hydrogens is 288 g/mol. The van der Waals surface area contributed by atoms with Crippen LogP contribution >= 0.6 is 0 Å². The van der Waals surface area contributed by atoms with Crippen LogP contribution in [0.25, 0.3) is 0 Å². The molecule has 1 N–H and O–H groups in total. The molecule has 0 aromatic heterocycles. The molecule has 0 aromatic carbocycles. The maximum atomic E-state index is 11.6. The van der Waals surface area contributed by atoms with E-state index in [0.717, 1.165) is 19.5 Å². The molecule has 4 heteroatoms. The van der Waals surface area contributed by atoms with Crippen molar-refractivity contribution in [1.82, 2.24) is 10.2 Å². The van der Waals surface area contributed by atoms with Crippen molar-refractivity contribution in [2.24, 2.45) is 5.41 Å². The first-order valence-electron chi connectivity index (χ1n) is 8.31. The Kier molecular flexibility index (Phi) is 7.07. The summed E-state index contributed by atoms with van der Waals surface area (Å²) in [6.45, 7) is 11.9. The van der Waals surface area contributed by atoms with Crippen LogP contribution in [-0.2, 0) is 4.74 Å². The Morgan fingerprint density at radius 1 is 1.17 bits per heavy atom. The largest absolute Gasteiger partial charge is 0.444 e. The summed E-state index contributed by atoms with van der Waals surface area (Å²) in [5.74, 6) is 0. The van der Waals surface area contributed by atoms with Gasteiger partial charge in [0.2, 0.25) is 0 Å². The summed E-state index contributed by atoms with van der Waals surface area (Å²) in [6, 6.07) is 0.282. The van der Waals surface area contributed by atoms with Gasteiger partial charge in [-0.2, -0.15) is 0 Å². The Balaban J connectivity index is 0.000000253. The Morgan fingerprint density at radius 2 is 1.74 bits per heavy atom. The smallest absolute Gasteiger partial charge is 0.410 e. The van der Waals surface area contributed by atoms with Gasteiger partial charge in [-0.3, -0.25) is 0 Å². The normalized spacial score (nSPS) is 22.1. The molecule has 1 atom stereocenters. The Labute approximate surface area is 141 Å². The molecular formula is C19H32N2O2. The number of likely N-dealkylation sites (N-methyl/N-ethyl adjacent to an activating group) is 1. The topological polar surface area (TPSA) is 41.6 Å². The lowest BCUT2D eigenvalue weighted by Crippen LogP contribution is -2.41. The monoisotopic (exact) mass is 320 g/mol. The molecule has 2 aliphatic rings. The second-order valence-corrected chi connectivity index (χ2v) is 7.66. The lowest BCUT2D eigenvalue weighted by molar-refractivity contribution is 0.0236. The number of rotatable bonds is 1. The fourth-order valence-corrected chi connectivity index (χ4v) is 2.24. The highest BCUT2D eigenvalue weighted by Gasteiger charge is 2.26. The van der Waals surface area contributed by atoms with Crippen molar-refractivity contribution in [3.05, 3.63) is 36.5 Å². The first-order chi connectivity index (χ1) is 10.6. The fraction of sp³-hybridized carbons (Fsp3) is 0.632. The van der Waals surface area contributed by atoms with Gasteiger partial charge >= 0.3 is 6.09 Å². The van der Waals surface area contributed by atoms with Crippen LogP contribution in [0.2, 0.25) is 0 Å². The van der Waals surface area contributed by atoms with Crippen molar-refractivity contribution in [3.63, 3.8) is 0 Å². The predicted molar refractivity (Wildman–Crippen MR) is 96.5 cm³/mol. The zero-order valence-corrected chi connectivity index (χ0v) is 15.4. The van der Waals surface area contributed by atoms with Gasteiger partial charge in [0.05, 0.1) is 0 Å². The highest BCUT2D eigenvalue weighted by Crippen LogP contribution is 2.20. The van der Waals surface area contributed by atoms with Gasteiger partial charge in [0.15, 0.2) is 0 Å². The van der Waals surface area contributed by atoms with Crippen LogP contribution in [0.15, 0.2) is 36.5 Å². The van der Waals surface area contributed by atoms with E-state index < -0.39 is 5.60 Å². The van der Waals surface area contributed by atoms with Crippen LogP contribution in [0.3, 0.4) is 0 Å². The van der Waals surface area contributed by atoms with Crippen molar-refractivity contribution in [3.8, 4) is 0 Å². The van der Waals surface area contributed by atoms with E-state index >= 15 is 0 Å². The predicted octanol–water partition coefficient (Wildman–Crippen LogP) is 3.91. The number of hydrogen-bond acceptors (Lipinski definition) is 3. The number of nitrogens with one attached hydrogen (secondary N) is 1. The van der Waals surface area contributed by atoms with Crippen LogP contribution in [-0.4, -0.2) is 42.8 Å². The minimum atomic E-state index is -0.405. The van der Waals surface area contributed by atoms with Gasteiger partial charge in [0.25, 0.3) is 0 Å². The van der Waals surface area contributed by atoms with E-state index in [0.29, 0.717) is 0 Å². The van der Waals surface area contributed by atoms with Gasteiger partial charge < -0.3 is 15.0 Å². The van der Waals surface area contributed by atoms with E-state index in [4.69, 9.17) is 4.74 Å². The second-order valence-electron chi connectivity index (χ2n) is 7.66. The first kappa shape index (κ1) is 19.5. The number of amides is 1. The summed E-state index contributed by atoms with van der Waals surface area (Å²) >= 11 is 0. The van der Waals surface area contributed by atoms with Gasteiger partial charge in [-0.1, -0.05) is 50.3 Å². The second kappa shape index (κ2) is 8.34. The highest BCUT2D eigenvalue weighted by molar-refractivity contribution is 5.68. The SMILES string of the molecule is CC1(C)C=CC=CC=C1.CN(C(=O)OC(C)(C)C)C1CCNC1. The fourth-order valence-electron chi connectivity index (χ4n) is 2.24. The molecule has 0 saturated carbocycles. The van der Waals surface area contributed by atoms with Crippen LogP contribution in [0.1, 0.15) is 41.0 Å². The molecule has 1 unspecified atom stereocenters. The molecule has 1 fully saturated rings. The number of carbonyl (C=O) groups is 1. The number of nitrogens with zero attached hydrogens (tertiary/aromatic N) is 1. The summed E-state index contributed by atoms with van der Waals surface area (Å²) < 4.78 is 5.27. The molecule has 1 amide bonds. The van der Waals surface area contributed by atoms with Gasteiger partial charge in [-0.15, -0.1) is 0 Å². The Bertz CT molecular complexity index is 446. The third kappa shape index (κ3) is 8.03. The van der Waals surface area contributed by atoms with Crippen LogP contribution in [0.5, 0.6) is 0 Å². The van der Waals surface area contributed by atoms with Crippen LogP contribution in [0.4, 0.5) is 4.79 Å². The standard InChI is InChI=1S/C10H20N2O2.C9H12/c1-10(2,3)14-9(13)12(4)8-5-6-11-7-8;1-9(2)7-5-3-4-6-8-9/h8,11H,5-7H2,1-4H3;3-8H,1-2H3. The molecule has 23 heavy (non-hydrogen) atoms. The highest BCUT2D eigenvalue weighted by atomic mass is 16.6. The summed E-state index contributed by atoms with van der Waals surface area (Å²) in [6.07, 6.45) is 13.4. The van der Waals surface area contributed by atoms with Crippen molar-refractivity contribution >= 4 is 6.09 Å². The average Bonchev–Trinajstić information content (AvgIpc) is 2.87. The lowest BCUT2D eigenvalue weighted by atomic mass is 9.93. The maximum absolute atomic E-state index is 11.6. The Morgan fingerprint density at radius 3 is 2.17 bits per heavy atom. The van der Waals surface area contributed by atoms with E-state index in [1.807, 2.05) is 32.9 Å². The molecule has 0 radical (unpaired) electrons. The molecule has 130 valence electrons. The molecule has 2 rings (SSSR count). The van der Waals surface area contributed by atoms with Crippen LogP contribution < -0.4 is 5.32 Å². The minimum absolute atomic E-state index is 0.230. The summed E-state index contributed by atoms with van der Waals surface area (Å²) in [7, 11) is 1.80. The molecule has 4 nitrogen and oxygen atoms in total. The average molecular weight is 320 g/mol. The van der Waals surface area contributed by atoms with Gasteiger partial charge in [-0.05, 0) is 33.7 Å². The molecule has 1 heterocycles. The quantitative estimate of drug-likeness (QED) is 0.796. The number of carbonyl (C=O) groups excluding carboxylic acids is 1. The zero-order chi connectivity index (χ0) is 17.5. The van der Waals surface area contributed by atoms with E-state index in [1.165, 1.54) is 0 Å². The van der Waals surface area contributed by atoms with Crippen molar-refractivity contribution in [2.45, 2.75) is 52.7 Å². The molecule has 1 aliphatic heterocycles. The molecule has 0 spiro atoms. The third-order valence-electron chi connectivity index (χ3n) is 3.65. The van der Waals surface area contributed by atoms with Gasteiger partial charge in [0.1, 0.15) is 5.60 Å². The summed E-state index contributed by atoms with van der Waals surface area (Å²) in [5.41, 5.74) is -0.166. The number of hydrogen-bond donors (Lipinski definition) is 1. The molecule has 0 bridgehead atoms.